The number of hydrogen-bond donors (Lipinski definition) is 0. The second kappa shape index (κ2) is 7.75. The molecule has 0 heterocycles. The zero-order valence-corrected chi connectivity index (χ0v) is 15.1. The van der Waals surface area contributed by atoms with Gasteiger partial charge in [-0.05, 0) is 28.0 Å². The molecule has 0 radical (unpaired) electrons. The van der Waals surface area contributed by atoms with Gasteiger partial charge in [0.15, 0.2) is 5.78 Å². The predicted molar refractivity (Wildman–Crippen MR) is 102 cm³/mol. The van der Waals surface area contributed by atoms with Gasteiger partial charge in [0.05, 0.1) is 0 Å². The first kappa shape index (κ1) is 17.6. The summed E-state index contributed by atoms with van der Waals surface area (Å²) in [5.41, 5.74) is 1.71. The molecule has 0 aliphatic rings. The molecule has 0 aliphatic heterocycles. The molecule has 0 bridgehead atoms. The Bertz CT molecular complexity index is 916. The Morgan fingerprint density at radius 1 is 0.880 bits per heavy atom. The van der Waals surface area contributed by atoms with Gasteiger partial charge in [-0.1, -0.05) is 66.7 Å². The van der Waals surface area contributed by atoms with E-state index in [0.717, 1.165) is 16.5 Å². The monoisotopic (exact) mass is 353 g/mol. The van der Waals surface area contributed by atoms with Crippen LogP contribution in [-0.2, 0) is 13.6 Å². The smallest absolute Gasteiger partial charge is 0.310 e. The lowest BCUT2D eigenvalue weighted by atomic mass is 10.1. The van der Waals surface area contributed by atoms with Crippen molar-refractivity contribution < 1.29 is 13.6 Å². The summed E-state index contributed by atoms with van der Waals surface area (Å²) >= 11 is 0. The fourth-order valence-corrected chi connectivity index (χ4v) is 4.01. The van der Waals surface area contributed by atoms with Crippen LogP contribution in [0, 0.1) is 0 Å². The molecule has 0 fully saturated rings. The molecule has 0 saturated carbocycles. The van der Waals surface area contributed by atoms with Crippen molar-refractivity contribution in [1.29, 1.82) is 0 Å². The highest BCUT2D eigenvalue weighted by Gasteiger charge is 2.34. The summed E-state index contributed by atoms with van der Waals surface area (Å²) < 4.78 is 23.3. The van der Waals surface area contributed by atoms with Crippen LogP contribution in [0.25, 0.3) is 10.8 Å². The van der Waals surface area contributed by atoms with Crippen molar-refractivity contribution in [2.24, 2.45) is 4.99 Å². The van der Waals surface area contributed by atoms with Crippen molar-refractivity contribution in [2.45, 2.75) is 5.78 Å². The molecule has 4 nitrogen and oxygen atoms in total. The van der Waals surface area contributed by atoms with E-state index in [2.05, 4.69) is 17.1 Å². The highest BCUT2D eigenvalue weighted by Crippen LogP contribution is 2.60. The van der Waals surface area contributed by atoms with Gasteiger partial charge in [0.2, 0.25) is 0 Å². The molecule has 3 rings (SSSR count). The molecular weight excluding hydrogens is 333 g/mol. The molecule has 1 atom stereocenters. The molecule has 0 saturated heterocycles. The van der Waals surface area contributed by atoms with Gasteiger partial charge in [0.25, 0.3) is 0 Å². The lowest BCUT2D eigenvalue weighted by Crippen LogP contribution is -2.02. The summed E-state index contributed by atoms with van der Waals surface area (Å²) in [4.78, 5) is 4.55. The third-order valence-corrected chi connectivity index (χ3v) is 6.09. The van der Waals surface area contributed by atoms with E-state index in [9.17, 15) is 4.57 Å². The first-order valence-corrected chi connectivity index (χ1v) is 9.55. The van der Waals surface area contributed by atoms with E-state index < -0.39 is 13.4 Å². The van der Waals surface area contributed by atoms with Crippen molar-refractivity contribution in [1.82, 2.24) is 0 Å². The summed E-state index contributed by atoms with van der Waals surface area (Å²) in [6.07, 6.45) is 1.72. The third-order valence-electron chi connectivity index (χ3n) is 4.04. The van der Waals surface area contributed by atoms with E-state index in [0.29, 0.717) is 0 Å². The topological polar surface area (TPSA) is 47.9 Å². The molecule has 3 aromatic rings. The quantitative estimate of drug-likeness (QED) is 0.438. The van der Waals surface area contributed by atoms with Gasteiger partial charge in [-0.15, -0.1) is 0 Å². The van der Waals surface area contributed by atoms with Crippen molar-refractivity contribution in [3.05, 3.63) is 83.9 Å². The molecule has 3 aromatic carbocycles. The van der Waals surface area contributed by atoms with Crippen molar-refractivity contribution >= 4 is 24.6 Å². The normalized spacial score (nSPS) is 13.4. The van der Waals surface area contributed by atoms with Gasteiger partial charge in [-0.3, -0.25) is 9.56 Å². The maximum absolute atomic E-state index is 12.9. The number of aliphatic imine (C=N–C) groups is 1. The highest BCUT2D eigenvalue weighted by atomic mass is 31.2. The highest BCUT2D eigenvalue weighted by molar-refractivity contribution is 7.54. The van der Waals surface area contributed by atoms with E-state index in [4.69, 9.17) is 9.05 Å². The molecule has 25 heavy (non-hydrogen) atoms. The molecule has 0 aromatic heterocycles. The number of fused-ring (bicyclic) bond motifs is 1. The summed E-state index contributed by atoms with van der Waals surface area (Å²) in [5.74, 6) is -0.713. The maximum Gasteiger partial charge on any atom is 0.358 e. The Morgan fingerprint density at radius 3 is 2.20 bits per heavy atom. The summed E-state index contributed by atoms with van der Waals surface area (Å²) in [7, 11) is -0.635. The van der Waals surface area contributed by atoms with Gasteiger partial charge in [0.1, 0.15) is 0 Å². The summed E-state index contributed by atoms with van der Waals surface area (Å²) in [6, 6.07) is 23.6. The van der Waals surface area contributed by atoms with Crippen LogP contribution >= 0.6 is 7.60 Å². The molecule has 0 aliphatic carbocycles. The van der Waals surface area contributed by atoms with Crippen LogP contribution in [-0.4, -0.2) is 20.4 Å². The minimum absolute atomic E-state index is 0.713. The van der Waals surface area contributed by atoms with Gasteiger partial charge in [-0.25, -0.2) is 0 Å². The van der Waals surface area contributed by atoms with Crippen LogP contribution in [0.15, 0.2) is 77.8 Å². The van der Waals surface area contributed by atoms with E-state index in [1.165, 1.54) is 19.6 Å². The average Bonchev–Trinajstić information content (AvgIpc) is 2.68. The fraction of sp³-hybridized carbons (Fsp3) is 0.150. The largest absolute Gasteiger partial charge is 0.358 e. The van der Waals surface area contributed by atoms with Crippen molar-refractivity contribution in [3.8, 4) is 0 Å². The second-order valence-electron chi connectivity index (χ2n) is 5.57. The first-order chi connectivity index (χ1) is 12.2. The Kier molecular flexibility index (Phi) is 5.44. The van der Waals surface area contributed by atoms with Gasteiger partial charge in [0, 0.05) is 20.4 Å². The first-order valence-electron chi connectivity index (χ1n) is 7.94. The Morgan fingerprint density at radius 2 is 1.52 bits per heavy atom. The summed E-state index contributed by atoms with van der Waals surface area (Å²) in [5, 5.41) is 2.29. The number of benzene rings is 3. The van der Waals surface area contributed by atoms with Gasteiger partial charge in [-0.2, -0.15) is 0 Å². The zero-order valence-electron chi connectivity index (χ0n) is 14.2. The number of rotatable bonds is 6. The van der Waals surface area contributed by atoms with Crippen molar-refractivity contribution in [3.63, 3.8) is 0 Å². The predicted octanol–water partition coefficient (Wildman–Crippen LogP) is 5.44. The third kappa shape index (κ3) is 3.88. The Labute approximate surface area is 147 Å². The number of hydrogen-bond acceptors (Lipinski definition) is 4. The van der Waals surface area contributed by atoms with Crippen LogP contribution in [0.2, 0.25) is 0 Å². The van der Waals surface area contributed by atoms with Crippen LogP contribution in [0.1, 0.15) is 16.9 Å². The minimum Gasteiger partial charge on any atom is -0.310 e. The zero-order chi connectivity index (χ0) is 17.7. The molecule has 0 spiro atoms. The Hall–Kier alpha value is -2.26. The molecule has 0 N–H and O–H groups in total. The lowest BCUT2D eigenvalue weighted by molar-refractivity contribution is 0.266. The van der Waals surface area contributed by atoms with Crippen molar-refractivity contribution in [2.75, 3.05) is 14.2 Å². The molecule has 5 heteroatoms. The second-order valence-corrected chi connectivity index (χ2v) is 7.87. The molecular formula is C20H20NO3P. The van der Waals surface area contributed by atoms with E-state index >= 15 is 0 Å². The van der Waals surface area contributed by atoms with E-state index in [1.807, 2.05) is 60.7 Å². The van der Waals surface area contributed by atoms with Gasteiger partial charge >= 0.3 is 7.60 Å². The van der Waals surface area contributed by atoms with Crippen LogP contribution in [0.4, 0.5) is 0 Å². The molecule has 128 valence electrons. The van der Waals surface area contributed by atoms with Crippen LogP contribution < -0.4 is 0 Å². The average molecular weight is 353 g/mol. The number of nitrogens with zero attached hydrogens (tertiary/aromatic N) is 1. The molecule has 0 amide bonds. The standard InChI is InChI=1S/C20H20NO3P/c1-23-25(22,24-2)20(18-9-4-3-5-10-18)21-15-16-12-13-17-8-6-7-11-19(17)14-16/h3-15,20H,1-2H3/b21-15+. The Balaban J connectivity index is 1.98. The SMILES string of the molecule is COP(=O)(OC)C(/N=C/c1ccc2ccccc2c1)c1ccccc1. The fourth-order valence-electron chi connectivity index (χ4n) is 2.69. The minimum atomic E-state index is -3.40. The van der Waals surface area contributed by atoms with Crippen LogP contribution in [0.5, 0.6) is 0 Å². The maximum atomic E-state index is 12.9. The van der Waals surface area contributed by atoms with E-state index in [-0.39, 0.29) is 0 Å². The van der Waals surface area contributed by atoms with Gasteiger partial charge < -0.3 is 9.05 Å². The van der Waals surface area contributed by atoms with E-state index in [1.54, 1.807) is 6.21 Å². The van der Waals surface area contributed by atoms with Crippen LogP contribution in [0.3, 0.4) is 0 Å². The summed E-state index contributed by atoms with van der Waals surface area (Å²) in [6.45, 7) is 0. The lowest BCUT2D eigenvalue weighted by Gasteiger charge is -2.21. The molecule has 1 unspecified atom stereocenters.